The van der Waals surface area contributed by atoms with E-state index in [9.17, 15) is 3.89 Å². The van der Waals surface area contributed by atoms with E-state index in [4.69, 9.17) is 5.11 Å². The molecule has 0 amide bonds. The largest absolute Gasteiger partial charge is 0.391 e. The normalized spacial score (nSPS) is 16.1. The summed E-state index contributed by atoms with van der Waals surface area (Å²) in [4.78, 5) is 0.336. The minimum atomic E-state index is -0.734. The van der Waals surface area contributed by atoms with Crippen LogP contribution >= 0.6 is 12.1 Å². The van der Waals surface area contributed by atoms with Crippen molar-refractivity contribution < 1.29 is 8.99 Å². The van der Waals surface area contributed by atoms with Crippen molar-refractivity contribution in [3.8, 4) is 0 Å². The molecular weight excluding hydrogens is 153 g/mol. The molecule has 0 aromatic carbocycles. The van der Waals surface area contributed by atoms with Crippen LogP contribution in [0.3, 0.4) is 0 Å². The lowest BCUT2D eigenvalue weighted by Gasteiger charge is -2.08. The van der Waals surface area contributed by atoms with Crippen LogP contribution in [0.4, 0.5) is 3.89 Å². The molecule has 0 aliphatic heterocycles. The average molecular weight is 165 g/mol. The average Bonchev–Trinajstić information content (AvgIpc) is 1.88. The predicted molar refractivity (Wildman–Crippen MR) is 42.1 cm³/mol. The van der Waals surface area contributed by atoms with E-state index in [1.54, 1.807) is 14.0 Å². The van der Waals surface area contributed by atoms with Gasteiger partial charge in [0.2, 0.25) is 0 Å². The lowest BCUT2D eigenvalue weighted by Crippen LogP contribution is -2.11. The highest BCUT2D eigenvalue weighted by molar-refractivity contribution is 7.98. The maximum Gasteiger partial charge on any atom is 0.0863 e. The summed E-state index contributed by atoms with van der Waals surface area (Å²) in [5.74, 6) is 0. The molecule has 0 saturated carbocycles. The highest BCUT2D eigenvalue weighted by Gasteiger charge is 2.08. The molecule has 0 fully saturated rings. The van der Waals surface area contributed by atoms with Crippen LogP contribution in [0.15, 0.2) is 10.6 Å². The summed E-state index contributed by atoms with van der Waals surface area (Å²) >= 11 is 0.0778. The van der Waals surface area contributed by atoms with Crippen LogP contribution in [0.2, 0.25) is 0 Å². The van der Waals surface area contributed by atoms with E-state index >= 15 is 0 Å². The first-order valence-electron chi connectivity index (χ1n) is 2.98. The second-order valence-electron chi connectivity index (χ2n) is 1.99. The maximum absolute atomic E-state index is 12.0. The van der Waals surface area contributed by atoms with Crippen LogP contribution in [0.1, 0.15) is 13.8 Å². The van der Waals surface area contributed by atoms with Crippen molar-refractivity contribution >= 4 is 12.1 Å². The summed E-state index contributed by atoms with van der Waals surface area (Å²) in [6, 6.07) is 0. The lowest BCUT2D eigenvalue weighted by molar-refractivity contribution is 0.238. The van der Waals surface area contributed by atoms with Gasteiger partial charge in [-0.1, -0.05) is 0 Å². The number of nitrogens with one attached hydrogen (secondary N) is 1. The molecule has 0 saturated heterocycles. The lowest BCUT2D eigenvalue weighted by atomic mass is 10.3. The number of hydrogen-bond donors (Lipinski definition) is 2. The van der Waals surface area contributed by atoms with Crippen molar-refractivity contribution in [2.45, 2.75) is 20.0 Å². The SMILES string of the molecule is CN/C(C)=C(\SF)C(C)O. The van der Waals surface area contributed by atoms with E-state index in [1.165, 1.54) is 6.92 Å². The number of hydrogen-bond acceptors (Lipinski definition) is 3. The Bertz CT molecular complexity index is 136. The third-order valence-corrected chi connectivity index (χ3v) is 2.02. The standard InChI is InChI=1S/C6H12FNOS/c1-4(8-3)6(10-7)5(2)9/h5,8-9H,1-3H3/b6-4-. The fraction of sp³-hybridized carbons (Fsp3) is 0.667. The summed E-state index contributed by atoms with van der Waals surface area (Å²) in [6.07, 6.45) is -0.734. The molecule has 1 unspecified atom stereocenters. The number of rotatable bonds is 3. The van der Waals surface area contributed by atoms with Gasteiger partial charge in [0.15, 0.2) is 0 Å². The Morgan fingerprint density at radius 2 is 2.20 bits per heavy atom. The van der Waals surface area contributed by atoms with E-state index in [0.717, 1.165) is 0 Å². The topological polar surface area (TPSA) is 32.3 Å². The van der Waals surface area contributed by atoms with Crippen LogP contribution in [0, 0.1) is 0 Å². The quantitative estimate of drug-likeness (QED) is 0.663. The first-order chi connectivity index (χ1) is 4.63. The van der Waals surface area contributed by atoms with Crippen LogP contribution in [0.25, 0.3) is 0 Å². The Labute approximate surface area is 64.8 Å². The van der Waals surface area contributed by atoms with Crippen LogP contribution in [-0.2, 0) is 0 Å². The fourth-order valence-corrected chi connectivity index (χ4v) is 0.906. The van der Waals surface area contributed by atoms with E-state index < -0.39 is 6.10 Å². The molecule has 1 atom stereocenters. The molecule has 0 bridgehead atoms. The monoisotopic (exact) mass is 165 g/mol. The number of aliphatic hydroxyl groups is 1. The number of aliphatic hydroxyl groups excluding tert-OH is 1. The van der Waals surface area contributed by atoms with Crippen LogP contribution in [0.5, 0.6) is 0 Å². The van der Waals surface area contributed by atoms with Gasteiger partial charge in [-0.2, -0.15) is 3.89 Å². The van der Waals surface area contributed by atoms with Gasteiger partial charge in [-0.15, -0.1) is 0 Å². The summed E-state index contributed by atoms with van der Waals surface area (Å²) < 4.78 is 12.0. The maximum atomic E-state index is 12.0. The van der Waals surface area contributed by atoms with Crippen molar-refractivity contribution in [1.82, 2.24) is 5.32 Å². The molecule has 0 spiro atoms. The molecule has 0 aliphatic rings. The van der Waals surface area contributed by atoms with Gasteiger partial charge in [-0.05, 0) is 13.8 Å². The Kier molecular flexibility index (Phi) is 4.47. The molecule has 4 heteroatoms. The van der Waals surface area contributed by atoms with Crippen molar-refractivity contribution in [3.63, 3.8) is 0 Å². The van der Waals surface area contributed by atoms with Gasteiger partial charge >= 0.3 is 0 Å². The van der Waals surface area contributed by atoms with Gasteiger partial charge in [0, 0.05) is 12.7 Å². The van der Waals surface area contributed by atoms with Gasteiger partial charge in [0.05, 0.1) is 23.2 Å². The minimum absolute atomic E-state index is 0.0778. The third kappa shape index (κ3) is 2.58. The second kappa shape index (κ2) is 4.57. The minimum Gasteiger partial charge on any atom is -0.391 e. The first-order valence-corrected chi connectivity index (χ1v) is 3.70. The van der Waals surface area contributed by atoms with Crippen LogP contribution < -0.4 is 5.32 Å². The van der Waals surface area contributed by atoms with E-state index in [2.05, 4.69) is 5.32 Å². The van der Waals surface area contributed by atoms with E-state index in [1.807, 2.05) is 0 Å². The molecule has 60 valence electrons. The molecular formula is C6H12FNOS. The van der Waals surface area contributed by atoms with Gasteiger partial charge in [-0.3, -0.25) is 0 Å². The van der Waals surface area contributed by atoms with Gasteiger partial charge < -0.3 is 10.4 Å². The Hall–Kier alpha value is -0.220. The fourth-order valence-electron chi connectivity index (χ4n) is 0.559. The van der Waals surface area contributed by atoms with E-state index in [0.29, 0.717) is 10.6 Å². The van der Waals surface area contributed by atoms with Gasteiger partial charge in [0.1, 0.15) is 0 Å². The zero-order chi connectivity index (χ0) is 8.15. The van der Waals surface area contributed by atoms with Crippen molar-refractivity contribution in [2.24, 2.45) is 0 Å². The molecule has 10 heavy (non-hydrogen) atoms. The van der Waals surface area contributed by atoms with Crippen molar-refractivity contribution in [3.05, 3.63) is 10.6 Å². The molecule has 0 aliphatic carbocycles. The predicted octanol–water partition coefficient (Wildman–Crippen LogP) is 1.44. The highest BCUT2D eigenvalue weighted by Crippen LogP contribution is 2.22. The zero-order valence-corrected chi connectivity index (χ0v) is 7.13. The van der Waals surface area contributed by atoms with E-state index in [-0.39, 0.29) is 12.1 Å². The summed E-state index contributed by atoms with van der Waals surface area (Å²) in [6.45, 7) is 3.25. The number of halogens is 1. The molecule has 2 N–H and O–H groups in total. The van der Waals surface area contributed by atoms with Gasteiger partial charge in [-0.25, -0.2) is 0 Å². The van der Waals surface area contributed by atoms with Crippen LogP contribution in [-0.4, -0.2) is 18.3 Å². The molecule has 0 radical (unpaired) electrons. The molecule has 2 nitrogen and oxygen atoms in total. The molecule has 0 aromatic heterocycles. The Morgan fingerprint density at radius 1 is 1.70 bits per heavy atom. The molecule has 0 aromatic rings. The smallest absolute Gasteiger partial charge is 0.0863 e. The summed E-state index contributed by atoms with van der Waals surface area (Å²) in [5, 5.41) is 11.7. The van der Waals surface area contributed by atoms with Crippen molar-refractivity contribution in [1.29, 1.82) is 0 Å². The summed E-state index contributed by atoms with van der Waals surface area (Å²) in [5.41, 5.74) is 0.669. The summed E-state index contributed by atoms with van der Waals surface area (Å²) in [7, 11) is 1.69. The molecule has 0 rings (SSSR count). The first kappa shape index (κ1) is 9.78. The Morgan fingerprint density at radius 3 is 2.30 bits per heavy atom. The number of allylic oxidation sites excluding steroid dienone is 1. The highest BCUT2D eigenvalue weighted by atomic mass is 32.2. The third-order valence-electron chi connectivity index (χ3n) is 1.21. The zero-order valence-electron chi connectivity index (χ0n) is 6.31. The van der Waals surface area contributed by atoms with Crippen molar-refractivity contribution in [2.75, 3.05) is 7.05 Å². The second-order valence-corrected chi connectivity index (χ2v) is 2.59. The molecule has 0 heterocycles. The Balaban J connectivity index is 4.29. The van der Waals surface area contributed by atoms with Gasteiger partial charge in [0.25, 0.3) is 0 Å².